The summed E-state index contributed by atoms with van der Waals surface area (Å²) in [6.45, 7) is 5.77. The molecule has 3 atom stereocenters. The maximum absolute atomic E-state index is 16.1. The minimum atomic E-state index is -4.85. The molecular formula is C75H78ClF4N12O14S+. The van der Waals surface area contributed by atoms with Gasteiger partial charge in [-0.15, -0.1) is 11.3 Å². The van der Waals surface area contributed by atoms with Crippen LogP contribution in [0.1, 0.15) is 49.9 Å². The average Bonchev–Trinajstić information content (AvgIpc) is 1.64. The fraction of sp³-hybridized carbons (Fsp3) is 0.347. The Kier molecular flexibility index (Phi) is 25.0. The lowest BCUT2D eigenvalue weighted by Gasteiger charge is -2.42. The molecule has 107 heavy (non-hydrogen) atoms. The molecule has 1 fully saturated rings. The number of hydrogen-bond donors (Lipinski definition) is 6. The molecule has 7 N–H and O–H groups in total. The normalized spacial score (nSPS) is 14.7. The number of fused-ring (bicyclic) bond motifs is 8. The molecule has 5 heterocycles. The van der Waals surface area contributed by atoms with Gasteiger partial charge in [-0.25, -0.2) is 33.9 Å². The van der Waals surface area contributed by atoms with Gasteiger partial charge in [0.15, 0.2) is 24.0 Å². The Labute approximate surface area is 620 Å². The monoisotopic (exact) mass is 1510 g/mol. The second-order valence-corrected chi connectivity index (χ2v) is 27.6. The molecule has 26 nitrogen and oxygen atoms in total. The second kappa shape index (κ2) is 34.6. The first kappa shape index (κ1) is 77.2. The van der Waals surface area contributed by atoms with Crippen molar-refractivity contribution in [2.45, 2.75) is 77.0 Å². The van der Waals surface area contributed by atoms with Crippen LogP contribution in [-0.4, -0.2) is 192 Å². The Morgan fingerprint density at radius 1 is 0.785 bits per heavy atom. The zero-order valence-electron chi connectivity index (χ0n) is 58.7. The van der Waals surface area contributed by atoms with Crippen LogP contribution < -0.4 is 50.7 Å². The molecule has 32 heteroatoms. The van der Waals surface area contributed by atoms with Crippen LogP contribution in [-0.2, 0) is 53.1 Å². The molecule has 7 amide bonds. The molecule has 2 aliphatic rings. The van der Waals surface area contributed by atoms with Crippen molar-refractivity contribution in [3.05, 3.63) is 155 Å². The number of likely N-dealkylation sites (N-methyl/N-ethyl adjacent to an activating group) is 1. The number of ether oxygens (including phenoxy) is 6. The molecule has 1 saturated heterocycles. The van der Waals surface area contributed by atoms with Crippen LogP contribution in [0.3, 0.4) is 0 Å². The number of para-hydroxylation sites is 2. The summed E-state index contributed by atoms with van der Waals surface area (Å²) < 4.78 is 94.4. The number of carbonyl (C=O) groups excluding carboxylic acids is 6. The van der Waals surface area contributed by atoms with Crippen LogP contribution in [0.5, 0.6) is 28.9 Å². The lowest BCUT2D eigenvalue weighted by Crippen LogP contribution is -2.57. The summed E-state index contributed by atoms with van der Waals surface area (Å²) in [6.07, 6.45) is -1.24. The van der Waals surface area contributed by atoms with Gasteiger partial charge in [-0.1, -0.05) is 67.9 Å². The number of quaternary nitrogens is 1. The molecule has 0 saturated carbocycles. The van der Waals surface area contributed by atoms with E-state index in [-0.39, 0.29) is 103 Å². The standard InChI is InChI=1S/C75H77ClF4N12O14S/c1-43(2)65(89-57(93)26-35-102-36-32-91-58(94)23-24-59(91)95)70(97)88-52(12-9-27-83-74(81)100)69(96)87-46-17-15-44(16-18-46)39-92(3)33-29-90(30-34-92)31-37-103-55-22-20-49-60(64(55)76)61-50(19-21-51(77)66(61)105-41-75(78,79)80)67-62(49)63-71(84-42-85-72(63)107-67)106-56(73(98)99)38-45-10-5-7-13-53(45)104-40-47-25-28-82-68(86-47)48-11-6-8-14-54(48)101-4/h5-8,10-11,13-25,28,42-43,52,56,65H,9,12,26-27,29-41H2,1-4H3,(H6-,81,83,87,88,89,93,96,97,98,99,100)/p+1/t52-,56+,65-/m0/s1. The highest BCUT2D eigenvalue weighted by Crippen LogP contribution is 2.51. The number of anilines is 1. The van der Waals surface area contributed by atoms with Crippen LogP contribution in [0, 0.1) is 11.7 Å². The summed E-state index contributed by atoms with van der Waals surface area (Å²) in [5, 5.41) is 22.8. The van der Waals surface area contributed by atoms with Gasteiger partial charge in [0.2, 0.25) is 29.7 Å². The zero-order chi connectivity index (χ0) is 76.1. The number of primary amides is 1. The highest BCUT2D eigenvalue weighted by molar-refractivity contribution is 7.26. The van der Waals surface area contributed by atoms with Crippen LogP contribution in [0.25, 0.3) is 53.2 Å². The van der Waals surface area contributed by atoms with Gasteiger partial charge in [0.1, 0.15) is 60.2 Å². The quantitative estimate of drug-likeness (QED) is 0.00718. The van der Waals surface area contributed by atoms with E-state index in [1.54, 1.807) is 87.8 Å². The minimum absolute atomic E-state index is 0.00493. The number of nitrogens with zero attached hydrogens (tertiary/aromatic N) is 7. The molecule has 0 unspecified atom stereocenters. The number of nitrogens with two attached hydrogens (primary N) is 1. The first-order valence-electron chi connectivity index (χ1n) is 34.4. The van der Waals surface area contributed by atoms with Gasteiger partial charge in [0, 0.05) is 94.9 Å². The van der Waals surface area contributed by atoms with Gasteiger partial charge < -0.3 is 65.0 Å². The number of carbonyl (C=O) groups is 7. The summed E-state index contributed by atoms with van der Waals surface area (Å²) >= 11 is 8.47. The van der Waals surface area contributed by atoms with Gasteiger partial charge in [-0.3, -0.25) is 33.8 Å². The summed E-state index contributed by atoms with van der Waals surface area (Å²) in [5.41, 5.74) is 8.40. The van der Waals surface area contributed by atoms with E-state index < -0.39 is 90.0 Å². The van der Waals surface area contributed by atoms with E-state index in [0.29, 0.717) is 90.8 Å². The summed E-state index contributed by atoms with van der Waals surface area (Å²) in [5.74, 6) is -4.69. The number of imide groups is 1. The molecular weight excluding hydrogens is 1440 g/mol. The molecule has 0 aliphatic carbocycles. The van der Waals surface area contributed by atoms with Gasteiger partial charge >= 0.3 is 18.2 Å². The second-order valence-electron chi connectivity index (χ2n) is 26.2. The van der Waals surface area contributed by atoms with Crippen molar-refractivity contribution in [3.63, 3.8) is 0 Å². The van der Waals surface area contributed by atoms with E-state index >= 15 is 4.39 Å². The van der Waals surface area contributed by atoms with Gasteiger partial charge in [-0.2, -0.15) is 13.2 Å². The molecule has 11 rings (SSSR count). The van der Waals surface area contributed by atoms with E-state index in [1.807, 2.05) is 30.3 Å². The molecule has 0 spiro atoms. The average molecular weight is 1520 g/mol. The van der Waals surface area contributed by atoms with Crippen LogP contribution in [0.2, 0.25) is 5.02 Å². The van der Waals surface area contributed by atoms with Crippen molar-refractivity contribution in [2.24, 2.45) is 11.7 Å². The SMILES string of the molecule is COc1ccccc1-c1nccc(COc2ccccc2C[C@@H](Oc2ncnc3sc4c5ccc(F)c(OCC(F)(F)F)c5c5c(Cl)c(OCCN6CC[N+](C)(Cc7ccc(NC(=O)[C@H](CCCNC(N)=O)NC(=O)[C@@H](NC(=O)CCOCCN8C(=O)C=CC8=O)C(C)C)cc7)CC6)ccc5c4c23)C(=O)O)n1. The van der Waals surface area contributed by atoms with Crippen molar-refractivity contribution < 1.29 is 89.1 Å². The maximum Gasteiger partial charge on any atom is 0.422 e. The fourth-order valence-electron chi connectivity index (χ4n) is 12.7. The number of hydrogen-bond acceptors (Lipinski definition) is 19. The van der Waals surface area contributed by atoms with Crippen LogP contribution in [0.4, 0.5) is 28.0 Å². The Morgan fingerprint density at radius 3 is 2.23 bits per heavy atom. The number of aliphatic carboxylic acids is 1. The molecule has 9 aromatic rings. The number of aromatic nitrogens is 4. The largest absolute Gasteiger partial charge is 0.496 e. The summed E-state index contributed by atoms with van der Waals surface area (Å²) in [6, 6.07) is 26.0. The molecule has 2 aliphatic heterocycles. The smallest absolute Gasteiger partial charge is 0.422 e. The predicted octanol–water partition coefficient (Wildman–Crippen LogP) is 9.69. The van der Waals surface area contributed by atoms with Crippen LogP contribution in [0.15, 0.2) is 128 Å². The van der Waals surface area contributed by atoms with E-state index in [4.69, 9.17) is 45.8 Å². The molecule has 562 valence electrons. The Bertz CT molecular complexity index is 4810. The Balaban J connectivity index is 0.743. The summed E-state index contributed by atoms with van der Waals surface area (Å²) in [4.78, 5) is 111. The first-order chi connectivity index (χ1) is 51.3. The van der Waals surface area contributed by atoms with Crippen molar-refractivity contribution >= 4 is 112 Å². The van der Waals surface area contributed by atoms with E-state index in [1.165, 1.54) is 12.4 Å². The number of rotatable bonds is 34. The van der Waals surface area contributed by atoms with Crippen molar-refractivity contribution in [3.8, 4) is 40.3 Å². The highest BCUT2D eigenvalue weighted by Gasteiger charge is 2.35. The first-order valence-corrected chi connectivity index (χ1v) is 35.5. The van der Waals surface area contributed by atoms with Crippen molar-refractivity contribution in [1.29, 1.82) is 0 Å². The molecule has 0 radical (unpaired) electrons. The van der Waals surface area contributed by atoms with E-state index in [9.17, 15) is 51.8 Å². The Morgan fingerprint density at radius 2 is 1.51 bits per heavy atom. The minimum Gasteiger partial charge on any atom is -0.496 e. The highest BCUT2D eigenvalue weighted by atomic mass is 35.5. The molecule has 0 bridgehead atoms. The van der Waals surface area contributed by atoms with Gasteiger partial charge in [0.05, 0.1) is 68.7 Å². The third-order valence-corrected chi connectivity index (χ3v) is 19.7. The number of thiophene rings is 1. The number of nitrogens with one attached hydrogen (secondary N) is 4. The predicted molar refractivity (Wildman–Crippen MR) is 390 cm³/mol. The topological polar surface area (TPSA) is 327 Å². The zero-order valence-corrected chi connectivity index (χ0v) is 60.3. The number of carboxylic acid groups (broad SMARTS) is 1. The molecule has 3 aromatic heterocycles. The third kappa shape index (κ3) is 19.2. The van der Waals surface area contributed by atoms with Gasteiger partial charge in [-0.05, 0) is 90.4 Å². The number of amides is 7. The number of piperazine rings is 1. The van der Waals surface area contributed by atoms with Crippen molar-refractivity contribution in [1.82, 2.24) is 45.7 Å². The van der Waals surface area contributed by atoms with Crippen molar-refractivity contribution in [2.75, 3.05) is 91.7 Å². The maximum atomic E-state index is 16.1. The number of benzene rings is 6. The van der Waals surface area contributed by atoms with Crippen LogP contribution >= 0.6 is 22.9 Å². The number of halogens is 5. The number of methoxy groups -OCH3 is 1. The van der Waals surface area contributed by atoms with Gasteiger partial charge in [0.25, 0.3) is 11.8 Å². The summed E-state index contributed by atoms with van der Waals surface area (Å²) in [7, 11) is 3.69. The number of alkyl halides is 3. The lowest BCUT2D eigenvalue weighted by molar-refractivity contribution is -0.926. The van der Waals surface area contributed by atoms with E-state index in [2.05, 4.69) is 53.2 Å². The number of carboxylic acids is 1. The fourth-order valence-corrected chi connectivity index (χ4v) is 14.2. The number of urea groups is 1. The third-order valence-electron chi connectivity index (χ3n) is 18.2. The molecule has 6 aromatic carbocycles. The lowest BCUT2D eigenvalue weighted by atomic mass is 9.96. The van der Waals surface area contributed by atoms with E-state index in [0.717, 1.165) is 53.1 Å². The Hall–Kier alpha value is -10.9.